The largest absolute Gasteiger partial charge is 0.323 e. The molecule has 0 unspecified atom stereocenters. The SMILES string of the molecule is Cc1cc(Br)c(NC(=O)CSC2=NCCS2)c(Br)c1. The molecule has 1 aromatic carbocycles. The summed E-state index contributed by atoms with van der Waals surface area (Å²) in [4.78, 5) is 16.2. The summed E-state index contributed by atoms with van der Waals surface area (Å²) in [5.41, 5.74) is 1.90. The number of aryl methyl sites for hydroxylation is 1. The first-order valence-corrected chi connectivity index (χ1v) is 9.17. The van der Waals surface area contributed by atoms with Crippen LogP contribution in [0.5, 0.6) is 0 Å². The van der Waals surface area contributed by atoms with Gasteiger partial charge in [0.2, 0.25) is 5.91 Å². The number of nitrogens with one attached hydrogen (secondary N) is 1. The highest BCUT2D eigenvalue weighted by Crippen LogP contribution is 2.32. The molecule has 0 bridgehead atoms. The van der Waals surface area contributed by atoms with Gasteiger partial charge in [0.1, 0.15) is 4.38 Å². The van der Waals surface area contributed by atoms with E-state index in [-0.39, 0.29) is 5.91 Å². The summed E-state index contributed by atoms with van der Waals surface area (Å²) in [6.07, 6.45) is 0. The Kier molecular flexibility index (Phi) is 5.80. The van der Waals surface area contributed by atoms with Crippen LogP contribution in [-0.2, 0) is 4.79 Å². The lowest BCUT2D eigenvalue weighted by atomic mass is 10.2. The quantitative estimate of drug-likeness (QED) is 0.787. The molecule has 0 fully saturated rings. The van der Waals surface area contributed by atoms with Crippen molar-refractivity contribution in [3.63, 3.8) is 0 Å². The lowest BCUT2D eigenvalue weighted by Crippen LogP contribution is -2.15. The molecule has 0 saturated carbocycles. The molecule has 0 aliphatic carbocycles. The number of hydrogen-bond acceptors (Lipinski definition) is 4. The number of aliphatic imine (C=N–C) groups is 1. The smallest absolute Gasteiger partial charge is 0.234 e. The average Bonchev–Trinajstić information content (AvgIpc) is 2.84. The average molecular weight is 424 g/mol. The fraction of sp³-hybridized carbons (Fsp3) is 0.333. The minimum atomic E-state index is -0.0227. The van der Waals surface area contributed by atoms with Crippen LogP contribution in [0.2, 0.25) is 0 Å². The first-order valence-electron chi connectivity index (χ1n) is 5.62. The number of rotatable bonds is 3. The zero-order valence-electron chi connectivity index (χ0n) is 10.2. The Morgan fingerprint density at radius 1 is 1.47 bits per heavy atom. The molecule has 7 heteroatoms. The van der Waals surface area contributed by atoms with E-state index in [1.165, 1.54) is 11.8 Å². The van der Waals surface area contributed by atoms with E-state index in [2.05, 4.69) is 42.2 Å². The van der Waals surface area contributed by atoms with Gasteiger partial charge in [0, 0.05) is 14.7 Å². The molecular formula is C12H12Br2N2OS2. The Bertz CT molecular complexity index is 511. The summed E-state index contributed by atoms with van der Waals surface area (Å²) >= 11 is 10.1. The third-order valence-electron chi connectivity index (χ3n) is 2.34. The number of thioether (sulfide) groups is 2. The van der Waals surface area contributed by atoms with E-state index in [1.807, 2.05) is 19.1 Å². The van der Waals surface area contributed by atoms with Crippen LogP contribution in [0.4, 0.5) is 5.69 Å². The first-order chi connectivity index (χ1) is 9.06. The third-order valence-corrected chi connectivity index (χ3v) is 5.84. The van der Waals surface area contributed by atoms with Crippen molar-refractivity contribution in [1.82, 2.24) is 0 Å². The van der Waals surface area contributed by atoms with Gasteiger partial charge in [0.05, 0.1) is 18.0 Å². The number of carbonyl (C=O) groups excluding carboxylic acids is 1. The maximum Gasteiger partial charge on any atom is 0.234 e. The van der Waals surface area contributed by atoms with Crippen molar-refractivity contribution >= 4 is 71.4 Å². The lowest BCUT2D eigenvalue weighted by molar-refractivity contribution is -0.113. The zero-order chi connectivity index (χ0) is 13.8. The molecule has 102 valence electrons. The van der Waals surface area contributed by atoms with E-state index in [0.717, 1.165) is 36.9 Å². The first kappa shape index (κ1) is 15.4. The van der Waals surface area contributed by atoms with Crippen LogP contribution < -0.4 is 5.32 Å². The fourth-order valence-electron chi connectivity index (χ4n) is 1.52. The molecule has 1 N–H and O–H groups in total. The summed E-state index contributed by atoms with van der Waals surface area (Å²) in [5.74, 6) is 1.39. The molecule has 1 heterocycles. The highest BCUT2D eigenvalue weighted by molar-refractivity contribution is 9.11. The molecule has 0 radical (unpaired) electrons. The predicted octanol–water partition coefficient (Wildman–Crippen LogP) is 4.29. The molecule has 0 aromatic heterocycles. The van der Waals surface area contributed by atoms with Crippen molar-refractivity contribution < 1.29 is 4.79 Å². The van der Waals surface area contributed by atoms with Crippen LogP contribution in [0.1, 0.15) is 5.56 Å². The second kappa shape index (κ2) is 7.15. The Morgan fingerprint density at radius 3 is 2.74 bits per heavy atom. The maximum absolute atomic E-state index is 11.9. The Hall–Kier alpha value is 0.0200. The molecule has 0 atom stereocenters. The monoisotopic (exact) mass is 422 g/mol. The second-order valence-corrected chi connectivity index (χ2v) is 7.95. The molecule has 0 spiro atoms. The van der Waals surface area contributed by atoms with Crippen molar-refractivity contribution in [1.29, 1.82) is 0 Å². The number of hydrogen-bond donors (Lipinski definition) is 1. The number of nitrogens with zero attached hydrogens (tertiary/aromatic N) is 1. The predicted molar refractivity (Wildman–Crippen MR) is 92.4 cm³/mol. The van der Waals surface area contributed by atoms with E-state index >= 15 is 0 Å². The third kappa shape index (κ3) is 4.51. The van der Waals surface area contributed by atoms with Gasteiger partial charge in [-0.05, 0) is 56.5 Å². The van der Waals surface area contributed by atoms with E-state index < -0.39 is 0 Å². The van der Waals surface area contributed by atoms with Crippen LogP contribution in [0.25, 0.3) is 0 Å². The van der Waals surface area contributed by atoms with Crippen LogP contribution >= 0.6 is 55.4 Å². The van der Waals surface area contributed by atoms with Gasteiger partial charge < -0.3 is 5.32 Å². The highest BCUT2D eigenvalue weighted by atomic mass is 79.9. The summed E-state index contributed by atoms with van der Waals surface area (Å²) in [6.45, 7) is 2.87. The van der Waals surface area contributed by atoms with Crippen LogP contribution in [0.3, 0.4) is 0 Å². The summed E-state index contributed by atoms with van der Waals surface area (Å²) in [5, 5.41) is 2.91. The molecule has 19 heavy (non-hydrogen) atoms. The molecule has 1 aromatic rings. The van der Waals surface area contributed by atoms with Crippen molar-refractivity contribution in [3.05, 3.63) is 26.6 Å². The van der Waals surface area contributed by atoms with Crippen LogP contribution in [0.15, 0.2) is 26.1 Å². The maximum atomic E-state index is 11.9. The van der Waals surface area contributed by atoms with Gasteiger partial charge in [0.25, 0.3) is 0 Å². The van der Waals surface area contributed by atoms with E-state index in [4.69, 9.17) is 0 Å². The van der Waals surface area contributed by atoms with Crippen molar-refractivity contribution in [2.45, 2.75) is 6.92 Å². The molecule has 1 aliphatic heterocycles. The molecule has 2 rings (SSSR count). The number of halogens is 2. The van der Waals surface area contributed by atoms with Crippen molar-refractivity contribution in [2.24, 2.45) is 4.99 Å². The summed E-state index contributed by atoms with van der Waals surface area (Å²) < 4.78 is 2.77. The van der Waals surface area contributed by atoms with Gasteiger partial charge in [-0.2, -0.15) is 0 Å². The standard InChI is InChI=1S/C12H12Br2N2OS2/c1-7-4-8(13)11(9(14)5-7)16-10(17)6-19-12-15-2-3-18-12/h4-5H,2-3,6H2,1H3,(H,16,17). The van der Waals surface area contributed by atoms with Gasteiger partial charge >= 0.3 is 0 Å². The zero-order valence-corrected chi connectivity index (χ0v) is 15.0. The van der Waals surface area contributed by atoms with Crippen LogP contribution in [-0.4, -0.2) is 28.3 Å². The van der Waals surface area contributed by atoms with Gasteiger partial charge in [-0.15, -0.1) is 0 Å². The highest BCUT2D eigenvalue weighted by Gasteiger charge is 2.13. The number of amides is 1. The topological polar surface area (TPSA) is 41.5 Å². The van der Waals surface area contributed by atoms with E-state index in [1.54, 1.807) is 11.8 Å². The van der Waals surface area contributed by atoms with Gasteiger partial charge in [0.15, 0.2) is 0 Å². The lowest BCUT2D eigenvalue weighted by Gasteiger charge is -2.10. The normalized spacial score (nSPS) is 14.4. The Morgan fingerprint density at radius 2 is 2.16 bits per heavy atom. The van der Waals surface area contributed by atoms with Crippen LogP contribution in [0, 0.1) is 6.92 Å². The van der Waals surface area contributed by atoms with Gasteiger partial charge in [-0.25, -0.2) is 0 Å². The van der Waals surface area contributed by atoms with Crippen molar-refractivity contribution in [3.8, 4) is 0 Å². The number of benzene rings is 1. The molecule has 0 saturated heterocycles. The van der Waals surface area contributed by atoms with Gasteiger partial charge in [-0.3, -0.25) is 9.79 Å². The van der Waals surface area contributed by atoms with E-state index in [0.29, 0.717) is 5.75 Å². The Labute approximate surface area is 137 Å². The van der Waals surface area contributed by atoms with Crippen molar-refractivity contribution in [2.75, 3.05) is 23.4 Å². The number of carbonyl (C=O) groups is 1. The fourth-order valence-corrected chi connectivity index (χ4v) is 4.95. The minimum absolute atomic E-state index is 0.0227. The molecule has 3 nitrogen and oxygen atoms in total. The number of anilines is 1. The minimum Gasteiger partial charge on any atom is -0.323 e. The summed E-state index contributed by atoms with van der Waals surface area (Å²) in [7, 11) is 0. The molecular weight excluding hydrogens is 412 g/mol. The second-order valence-electron chi connectivity index (χ2n) is 3.94. The summed E-state index contributed by atoms with van der Waals surface area (Å²) in [6, 6.07) is 3.95. The molecule has 1 aliphatic rings. The molecule has 1 amide bonds. The van der Waals surface area contributed by atoms with E-state index in [9.17, 15) is 4.79 Å². The van der Waals surface area contributed by atoms with Gasteiger partial charge in [-0.1, -0.05) is 23.5 Å². The Balaban J connectivity index is 1.95.